The second-order valence-electron chi connectivity index (χ2n) is 8.26. The zero-order chi connectivity index (χ0) is 21.3. The van der Waals surface area contributed by atoms with Crippen LogP contribution in [0, 0.1) is 23.5 Å². The summed E-state index contributed by atoms with van der Waals surface area (Å²) in [5.74, 6) is -2.48. The maximum absolute atomic E-state index is 15.2. The van der Waals surface area contributed by atoms with Crippen LogP contribution in [-0.2, 0) is 14.6 Å². The van der Waals surface area contributed by atoms with Crippen molar-refractivity contribution in [3.05, 3.63) is 70.9 Å². The molecular formula is C22H20ClF2NO3S. The molecule has 2 fully saturated rings. The second kappa shape index (κ2) is 6.69. The van der Waals surface area contributed by atoms with Crippen LogP contribution >= 0.6 is 11.6 Å². The maximum atomic E-state index is 15.2. The van der Waals surface area contributed by atoms with Crippen LogP contribution in [0.15, 0.2) is 53.6 Å². The average molecular weight is 452 g/mol. The van der Waals surface area contributed by atoms with Crippen molar-refractivity contribution in [2.45, 2.75) is 34.9 Å². The fourth-order valence-corrected chi connectivity index (χ4v) is 8.10. The minimum atomic E-state index is -4.11. The third-order valence-corrected chi connectivity index (χ3v) is 9.64. The molecule has 3 aliphatic rings. The van der Waals surface area contributed by atoms with Crippen LogP contribution in [0.1, 0.15) is 24.8 Å². The number of allylic oxidation sites excluding steroid dienone is 1. The predicted octanol–water partition coefficient (Wildman–Crippen LogP) is 4.58. The Kier molecular flexibility index (Phi) is 4.42. The van der Waals surface area contributed by atoms with Crippen LogP contribution in [0.3, 0.4) is 0 Å². The third-order valence-electron chi connectivity index (χ3n) is 6.82. The van der Waals surface area contributed by atoms with Gasteiger partial charge in [-0.05, 0) is 61.6 Å². The summed E-state index contributed by atoms with van der Waals surface area (Å²) in [7, 11) is -4.11. The number of sulfone groups is 1. The molecule has 1 aliphatic carbocycles. The lowest BCUT2D eigenvalue weighted by Gasteiger charge is -2.51. The van der Waals surface area contributed by atoms with E-state index in [2.05, 4.69) is 11.9 Å². The van der Waals surface area contributed by atoms with Crippen LogP contribution < -0.4 is 10.1 Å². The molecule has 1 saturated heterocycles. The fourth-order valence-electron chi connectivity index (χ4n) is 5.57. The van der Waals surface area contributed by atoms with Gasteiger partial charge in [0.2, 0.25) is 0 Å². The van der Waals surface area contributed by atoms with Crippen molar-refractivity contribution < 1.29 is 21.9 Å². The van der Waals surface area contributed by atoms with Gasteiger partial charge in [0.1, 0.15) is 10.6 Å². The zero-order valence-corrected chi connectivity index (χ0v) is 17.6. The average Bonchev–Trinajstić information content (AvgIpc) is 3.10. The molecule has 30 heavy (non-hydrogen) atoms. The highest BCUT2D eigenvalue weighted by atomic mass is 35.5. The first kappa shape index (κ1) is 19.8. The number of fused-ring (bicyclic) bond motifs is 5. The van der Waals surface area contributed by atoms with Gasteiger partial charge in [-0.2, -0.15) is 0 Å². The van der Waals surface area contributed by atoms with Gasteiger partial charge in [0.05, 0.1) is 17.1 Å². The van der Waals surface area contributed by atoms with Crippen molar-refractivity contribution >= 4 is 21.4 Å². The Bertz CT molecular complexity index is 1150. The van der Waals surface area contributed by atoms with E-state index in [1.54, 1.807) is 0 Å². The van der Waals surface area contributed by atoms with Gasteiger partial charge in [0.15, 0.2) is 21.4 Å². The number of ether oxygens (including phenoxy) is 1. The van der Waals surface area contributed by atoms with Gasteiger partial charge in [0, 0.05) is 22.7 Å². The van der Waals surface area contributed by atoms with Crippen molar-refractivity contribution in [1.29, 1.82) is 0 Å². The summed E-state index contributed by atoms with van der Waals surface area (Å²) in [5.41, 5.74) is 0.639. The minimum Gasteiger partial charge on any atom is -0.490 e. The normalized spacial score (nSPS) is 30.0. The van der Waals surface area contributed by atoms with Gasteiger partial charge in [-0.15, -0.1) is 0 Å². The third kappa shape index (κ3) is 2.57. The first-order valence-corrected chi connectivity index (χ1v) is 11.7. The van der Waals surface area contributed by atoms with E-state index in [4.69, 9.17) is 16.3 Å². The van der Waals surface area contributed by atoms with Crippen molar-refractivity contribution in [2.24, 2.45) is 11.8 Å². The lowest BCUT2D eigenvalue weighted by Crippen LogP contribution is -2.57. The van der Waals surface area contributed by atoms with E-state index in [0.717, 1.165) is 17.8 Å². The van der Waals surface area contributed by atoms with Crippen LogP contribution in [0.2, 0.25) is 5.02 Å². The molecule has 1 N–H and O–H groups in total. The minimum absolute atomic E-state index is 0.00365. The highest BCUT2D eigenvalue weighted by molar-refractivity contribution is 7.92. The summed E-state index contributed by atoms with van der Waals surface area (Å²) in [6.45, 7) is 3.99. The molecule has 4 nitrogen and oxygen atoms in total. The molecule has 8 heteroatoms. The molecule has 0 unspecified atom stereocenters. The Balaban J connectivity index is 1.80. The van der Waals surface area contributed by atoms with E-state index in [-0.39, 0.29) is 41.2 Å². The van der Waals surface area contributed by atoms with Crippen LogP contribution in [0.4, 0.5) is 8.78 Å². The molecular weight excluding hydrogens is 432 g/mol. The standard InChI is InChI=1S/C22H20ClF2NO3S/c1-12-10-15-16-11-29-21-18(25)7-6-17(24)20(21)22(16,9-8-19(15)26-12)30(27,28)14-4-2-13(23)3-5-14/h2-7,15-16,19,26H,1,8-11H2/t15-,16-,19+,22-/m0/s1. The number of halogens is 3. The Morgan fingerprint density at radius 2 is 1.83 bits per heavy atom. The first-order chi connectivity index (χ1) is 14.3. The molecule has 2 aromatic carbocycles. The topological polar surface area (TPSA) is 55.4 Å². The molecule has 4 atom stereocenters. The van der Waals surface area contributed by atoms with Crippen LogP contribution in [0.5, 0.6) is 5.75 Å². The Labute approximate surface area is 178 Å². The van der Waals surface area contributed by atoms with E-state index < -0.39 is 32.1 Å². The molecule has 0 bridgehead atoms. The number of benzene rings is 2. The monoisotopic (exact) mass is 451 g/mol. The Morgan fingerprint density at radius 1 is 1.13 bits per heavy atom. The van der Waals surface area contributed by atoms with E-state index in [0.29, 0.717) is 17.9 Å². The Hall–Kier alpha value is -2.12. The summed E-state index contributed by atoms with van der Waals surface area (Å²) in [5, 5.41) is 3.72. The largest absolute Gasteiger partial charge is 0.490 e. The second-order valence-corrected chi connectivity index (χ2v) is 10.9. The molecule has 0 amide bonds. The molecule has 5 rings (SSSR count). The Morgan fingerprint density at radius 3 is 2.57 bits per heavy atom. The van der Waals surface area contributed by atoms with Gasteiger partial charge in [-0.25, -0.2) is 17.2 Å². The van der Waals surface area contributed by atoms with Gasteiger partial charge >= 0.3 is 0 Å². The molecule has 1 saturated carbocycles. The number of hydrogen-bond donors (Lipinski definition) is 1. The lowest BCUT2D eigenvalue weighted by molar-refractivity contribution is 0.0697. The summed E-state index contributed by atoms with van der Waals surface area (Å²) in [4.78, 5) is 0.0386. The molecule has 0 radical (unpaired) electrons. The van der Waals surface area contributed by atoms with Crippen molar-refractivity contribution in [3.8, 4) is 5.75 Å². The van der Waals surface area contributed by atoms with Crippen molar-refractivity contribution in [1.82, 2.24) is 5.32 Å². The summed E-state index contributed by atoms with van der Waals surface area (Å²) >= 11 is 5.96. The van der Waals surface area contributed by atoms with Gasteiger partial charge in [-0.3, -0.25) is 0 Å². The van der Waals surface area contributed by atoms with Crippen LogP contribution in [-0.4, -0.2) is 21.1 Å². The quantitative estimate of drug-likeness (QED) is 0.726. The van der Waals surface area contributed by atoms with Crippen molar-refractivity contribution in [2.75, 3.05) is 6.61 Å². The van der Waals surface area contributed by atoms with E-state index in [1.165, 1.54) is 24.3 Å². The molecule has 2 aromatic rings. The lowest BCUT2D eigenvalue weighted by atomic mass is 9.65. The first-order valence-electron chi connectivity index (χ1n) is 9.81. The molecule has 0 spiro atoms. The summed E-state index contributed by atoms with van der Waals surface area (Å²) in [6.07, 6.45) is 1.23. The van der Waals surface area contributed by atoms with Crippen molar-refractivity contribution in [3.63, 3.8) is 0 Å². The van der Waals surface area contributed by atoms with Gasteiger partial charge in [0.25, 0.3) is 0 Å². The predicted molar refractivity (Wildman–Crippen MR) is 109 cm³/mol. The number of nitrogens with one attached hydrogen (secondary N) is 1. The van der Waals surface area contributed by atoms with E-state index in [9.17, 15) is 12.8 Å². The highest BCUT2D eigenvalue weighted by Crippen LogP contribution is 2.59. The molecule has 0 aromatic heterocycles. The SMILES string of the molecule is C=C1C[C@@H]2[C@@H](CC[C@@]3(S(=O)(=O)c4ccc(Cl)cc4)c4c(F)ccc(F)c4OC[C@@H]23)N1. The summed E-state index contributed by atoms with van der Waals surface area (Å²) in [6, 6.07) is 7.83. The highest BCUT2D eigenvalue weighted by Gasteiger charge is 2.63. The zero-order valence-electron chi connectivity index (χ0n) is 16.0. The van der Waals surface area contributed by atoms with Gasteiger partial charge in [-0.1, -0.05) is 18.2 Å². The molecule has 158 valence electrons. The molecule has 2 aliphatic heterocycles. The number of hydrogen-bond acceptors (Lipinski definition) is 4. The number of rotatable bonds is 2. The smallest absolute Gasteiger partial charge is 0.188 e. The van der Waals surface area contributed by atoms with Gasteiger partial charge < -0.3 is 10.1 Å². The van der Waals surface area contributed by atoms with E-state index in [1.807, 2.05) is 0 Å². The summed E-state index contributed by atoms with van der Waals surface area (Å²) < 4.78 is 62.1. The molecule has 2 heterocycles. The maximum Gasteiger partial charge on any atom is 0.188 e. The van der Waals surface area contributed by atoms with Crippen LogP contribution in [0.25, 0.3) is 0 Å². The van der Waals surface area contributed by atoms with E-state index >= 15 is 4.39 Å². The fraction of sp³-hybridized carbons (Fsp3) is 0.364.